The Morgan fingerprint density at radius 1 is 1.14 bits per heavy atom. The normalized spacial score (nSPS) is 13.3. The molecule has 0 aromatic carbocycles. The topological polar surface area (TPSA) is 111 Å². The minimum absolute atomic E-state index is 0.143. The molecule has 0 radical (unpaired) electrons. The lowest BCUT2D eigenvalue weighted by Crippen LogP contribution is -2.17. The van der Waals surface area contributed by atoms with Crippen molar-refractivity contribution in [3.05, 3.63) is 52.5 Å². The zero-order chi connectivity index (χ0) is 24.2. The fourth-order valence-corrected chi connectivity index (χ4v) is 6.00. The number of thioether (sulfide) groups is 1. The molecule has 0 bridgehead atoms. The maximum absolute atomic E-state index is 12.9. The molecule has 9 nitrogen and oxygen atoms in total. The Bertz CT molecular complexity index is 1370. The second-order valence-electron chi connectivity index (χ2n) is 8.01. The van der Waals surface area contributed by atoms with Crippen molar-refractivity contribution in [2.75, 3.05) is 17.7 Å². The van der Waals surface area contributed by atoms with Gasteiger partial charge < -0.3 is 10.1 Å². The number of nitrogens with one attached hydrogen (secondary N) is 1. The molecule has 0 aliphatic heterocycles. The lowest BCUT2D eigenvalue weighted by atomic mass is 10.1. The summed E-state index contributed by atoms with van der Waals surface area (Å²) in [6, 6.07) is 9.17. The number of aromatic nitrogens is 5. The number of rotatable bonds is 7. The van der Waals surface area contributed by atoms with E-state index in [1.54, 1.807) is 17.6 Å². The van der Waals surface area contributed by atoms with Gasteiger partial charge in [-0.15, -0.1) is 21.5 Å². The van der Waals surface area contributed by atoms with Crippen LogP contribution in [0.2, 0.25) is 0 Å². The van der Waals surface area contributed by atoms with Crippen LogP contribution in [0.5, 0.6) is 0 Å². The second-order valence-corrected chi connectivity index (χ2v) is 10.1. The van der Waals surface area contributed by atoms with E-state index in [1.165, 1.54) is 28.0 Å². The van der Waals surface area contributed by atoms with E-state index in [0.29, 0.717) is 39.4 Å². The Labute approximate surface area is 210 Å². The molecule has 0 saturated carbocycles. The van der Waals surface area contributed by atoms with Crippen LogP contribution in [0.3, 0.4) is 0 Å². The number of pyridine rings is 1. The Kier molecular flexibility index (Phi) is 7.05. The first-order valence-corrected chi connectivity index (χ1v) is 13.3. The first-order valence-electron chi connectivity index (χ1n) is 11.5. The second kappa shape index (κ2) is 10.5. The van der Waals surface area contributed by atoms with Crippen LogP contribution < -0.4 is 5.32 Å². The van der Waals surface area contributed by atoms with Crippen LogP contribution in [-0.4, -0.2) is 49.0 Å². The van der Waals surface area contributed by atoms with E-state index >= 15 is 0 Å². The molecule has 1 N–H and O–H groups in total. The number of anilines is 1. The van der Waals surface area contributed by atoms with Gasteiger partial charge in [-0.2, -0.15) is 9.61 Å². The van der Waals surface area contributed by atoms with E-state index in [2.05, 4.69) is 25.6 Å². The lowest BCUT2D eigenvalue weighted by molar-refractivity contribution is -0.113. The highest BCUT2D eigenvalue weighted by molar-refractivity contribution is 7.99. The molecule has 1 amide bonds. The zero-order valence-electron chi connectivity index (χ0n) is 19.2. The van der Waals surface area contributed by atoms with Crippen LogP contribution in [0.25, 0.3) is 17.2 Å². The smallest absolute Gasteiger partial charge is 0.341 e. The molecule has 180 valence electrons. The van der Waals surface area contributed by atoms with Gasteiger partial charge in [0, 0.05) is 11.1 Å². The summed E-state index contributed by atoms with van der Waals surface area (Å²) in [4.78, 5) is 31.1. The Hall–Kier alpha value is -3.31. The standard InChI is InChI=1S/C24H24N6O3S2/c1-2-33-24(32)21-15-8-4-3-5-10-17(15)35-23(21)26-19(31)14-34-20-12-11-18-27-28-22(30(18)29-20)16-9-6-7-13-25-16/h6-7,9,11-13H,2-5,8,10,14H2,1H3,(H,26,31). The summed E-state index contributed by atoms with van der Waals surface area (Å²) < 4.78 is 6.93. The molecular formula is C24H24N6O3S2. The molecule has 0 atom stereocenters. The highest BCUT2D eigenvalue weighted by Crippen LogP contribution is 2.38. The number of hydrogen-bond acceptors (Lipinski definition) is 9. The van der Waals surface area contributed by atoms with E-state index in [9.17, 15) is 9.59 Å². The quantitative estimate of drug-likeness (QED) is 0.222. The molecule has 1 aliphatic rings. The predicted octanol–water partition coefficient (Wildman–Crippen LogP) is 4.42. The van der Waals surface area contributed by atoms with Gasteiger partial charge in [0.05, 0.1) is 17.9 Å². The van der Waals surface area contributed by atoms with Crippen molar-refractivity contribution < 1.29 is 14.3 Å². The molecule has 1 aliphatic carbocycles. The van der Waals surface area contributed by atoms with Crippen molar-refractivity contribution in [2.45, 2.75) is 44.1 Å². The number of nitrogens with zero attached hydrogens (tertiary/aromatic N) is 5. The van der Waals surface area contributed by atoms with Gasteiger partial charge >= 0.3 is 5.97 Å². The van der Waals surface area contributed by atoms with E-state index < -0.39 is 0 Å². The first-order chi connectivity index (χ1) is 17.1. The number of aryl methyl sites for hydroxylation is 1. The number of carbonyl (C=O) groups excluding carboxylic acids is 2. The molecule has 0 unspecified atom stereocenters. The van der Waals surface area contributed by atoms with Crippen molar-refractivity contribution in [3.63, 3.8) is 0 Å². The largest absolute Gasteiger partial charge is 0.462 e. The molecule has 35 heavy (non-hydrogen) atoms. The van der Waals surface area contributed by atoms with Crippen LogP contribution in [0.1, 0.15) is 47.0 Å². The van der Waals surface area contributed by atoms with Gasteiger partial charge in [0.2, 0.25) is 11.7 Å². The third-order valence-electron chi connectivity index (χ3n) is 5.64. The van der Waals surface area contributed by atoms with Crippen LogP contribution in [0.15, 0.2) is 41.6 Å². The van der Waals surface area contributed by atoms with Crippen LogP contribution in [0, 0.1) is 0 Å². The number of thiophene rings is 1. The van der Waals surface area contributed by atoms with Gasteiger partial charge in [0.25, 0.3) is 0 Å². The summed E-state index contributed by atoms with van der Waals surface area (Å²) in [5.41, 5.74) is 2.82. The van der Waals surface area contributed by atoms with E-state index in [0.717, 1.165) is 37.7 Å². The lowest BCUT2D eigenvalue weighted by Gasteiger charge is -2.08. The van der Waals surface area contributed by atoms with Gasteiger partial charge in [0.1, 0.15) is 15.7 Å². The summed E-state index contributed by atoms with van der Waals surface area (Å²) in [5.74, 6) is 0.112. The van der Waals surface area contributed by atoms with Crippen LogP contribution >= 0.6 is 23.1 Å². The van der Waals surface area contributed by atoms with Crippen molar-refractivity contribution in [1.29, 1.82) is 0 Å². The summed E-state index contributed by atoms with van der Waals surface area (Å²) >= 11 is 2.80. The molecule has 4 heterocycles. The molecule has 0 spiro atoms. The van der Waals surface area contributed by atoms with Crippen molar-refractivity contribution >= 4 is 45.6 Å². The molecule has 4 aromatic heterocycles. The van der Waals surface area contributed by atoms with Gasteiger partial charge in [-0.05, 0) is 62.4 Å². The Morgan fingerprint density at radius 2 is 2.03 bits per heavy atom. The molecule has 4 aromatic rings. The Morgan fingerprint density at radius 3 is 2.86 bits per heavy atom. The van der Waals surface area contributed by atoms with Crippen LogP contribution in [0.4, 0.5) is 5.00 Å². The summed E-state index contributed by atoms with van der Waals surface area (Å²) in [5, 5.41) is 17.1. The maximum atomic E-state index is 12.9. The molecule has 0 saturated heterocycles. The number of carbonyl (C=O) groups is 2. The average molecular weight is 509 g/mol. The summed E-state index contributed by atoms with van der Waals surface area (Å²) in [6.45, 7) is 2.08. The van der Waals surface area contributed by atoms with Gasteiger partial charge in [-0.3, -0.25) is 9.78 Å². The molecular weight excluding hydrogens is 484 g/mol. The fourth-order valence-electron chi connectivity index (χ4n) is 4.06. The Balaban J connectivity index is 1.32. The first kappa shape index (κ1) is 23.4. The third kappa shape index (κ3) is 5.06. The van der Waals surface area contributed by atoms with Crippen molar-refractivity contribution in [3.8, 4) is 11.5 Å². The molecule has 5 rings (SSSR count). The van der Waals surface area contributed by atoms with E-state index in [-0.39, 0.29) is 17.6 Å². The fraction of sp³-hybridized carbons (Fsp3) is 0.333. The summed E-state index contributed by atoms with van der Waals surface area (Å²) in [6.07, 6.45) is 6.74. The molecule has 11 heteroatoms. The highest BCUT2D eigenvalue weighted by Gasteiger charge is 2.26. The number of amides is 1. The summed E-state index contributed by atoms with van der Waals surface area (Å²) in [7, 11) is 0. The van der Waals surface area contributed by atoms with Crippen molar-refractivity contribution in [1.82, 2.24) is 24.8 Å². The minimum atomic E-state index is -0.364. The van der Waals surface area contributed by atoms with E-state index in [4.69, 9.17) is 4.74 Å². The van der Waals surface area contributed by atoms with E-state index in [1.807, 2.05) is 30.3 Å². The molecule has 0 fully saturated rings. The number of fused-ring (bicyclic) bond motifs is 2. The predicted molar refractivity (Wildman–Crippen MR) is 135 cm³/mol. The number of ether oxygens (including phenoxy) is 1. The van der Waals surface area contributed by atoms with Crippen LogP contribution in [-0.2, 0) is 22.4 Å². The zero-order valence-corrected chi connectivity index (χ0v) is 20.8. The van der Waals surface area contributed by atoms with Crippen molar-refractivity contribution in [2.24, 2.45) is 0 Å². The average Bonchev–Trinajstić information content (AvgIpc) is 3.36. The minimum Gasteiger partial charge on any atom is -0.462 e. The van der Waals surface area contributed by atoms with Gasteiger partial charge in [-0.25, -0.2) is 4.79 Å². The monoisotopic (exact) mass is 508 g/mol. The SMILES string of the molecule is CCOC(=O)c1c(NC(=O)CSc2ccc3nnc(-c4ccccn4)n3n2)sc2c1CCCCC2. The van der Waals surface area contributed by atoms with Gasteiger partial charge in [0.15, 0.2) is 5.65 Å². The maximum Gasteiger partial charge on any atom is 0.341 e. The van der Waals surface area contributed by atoms with Gasteiger partial charge in [-0.1, -0.05) is 24.2 Å². The third-order valence-corrected chi connectivity index (χ3v) is 7.76. The highest BCUT2D eigenvalue weighted by atomic mass is 32.2. The number of hydrogen-bond donors (Lipinski definition) is 1. The number of esters is 1.